The minimum Gasteiger partial charge on any atom is -0.362 e. The van der Waals surface area contributed by atoms with Crippen molar-refractivity contribution in [1.82, 2.24) is 15.2 Å². The van der Waals surface area contributed by atoms with Crippen LogP contribution in [0.1, 0.15) is 82.5 Å². The summed E-state index contributed by atoms with van der Waals surface area (Å²) in [5.41, 5.74) is 3.19. The highest BCUT2D eigenvalue weighted by Gasteiger charge is 2.39. The third kappa shape index (κ3) is 7.80. The van der Waals surface area contributed by atoms with Crippen LogP contribution in [-0.4, -0.2) is 51.9 Å². The fourth-order valence-corrected chi connectivity index (χ4v) is 7.53. The zero-order chi connectivity index (χ0) is 31.1. The molecule has 12 heteroatoms. The normalized spacial score (nSPS) is 16.2. The number of carbonyl (C=O) groups excluding carboxylic acids is 4. The molecule has 44 heavy (non-hydrogen) atoms. The van der Waals surface area contributed by atoms with Crippen molar-refractivity contribution in [2.24, 2.45) is 0 Å². The van der Waals surface area contributed by atoms with Crippen LogP contribution in [-0.2, 0) is 16.1 Å². The fraction of sp³-hybridized carbons (Fsp3) is 0.406. The van der Waals surface area contributed by atoms with Crippen LogP contribution in [0.15, 0.2) is 47.5 Å². The van der Waals surface area contributed by atoms with Gasteiger partial charge >= 0.3 is 0 Å². The first-order chi connectivity index (χ1) is 21.3. The van der Waals surface area contributed by atoms with Gasteiger partial charge in [-0.25, -0.2) is 4.98 Å². The first kappa shape index (κ1) is 32.0. The number of hydrogen-bond donors (Lipinski definition) is 3. The number of benzene rings is 2. The molecule has 3 aromatic rings. The smallest absolute Gasteiger partial charge is 0.267 e. The van der Waals surface area contributed by atoms with Crippen LogP contribution in [0.4, 0.5) is 10.8 Å². The molecule has 2 aliphatic heterocycles. The summed E-state index contributed by atoms with van der Waals surface area (Å²) in [5.74, 6) is -0.0312. The highest BCUT2D eigenvalue weighted by molar-refractivity contribution is 7.99. The first-order valence-corrected chi connectivity index (χ1v) is 17.2. The van der Waals surface area contributed by atoms with Gasteiger partial charge in [0.15, 0.2) is 5.13 Å². The molecule has 2 aromatic carbocycles. The van der Waals surface area contributed by atoms with Crippen molar-refractivity contribution in [2.75, 3.05) is 22.9 Å². The average Bonchev–Trinajstić information content (AvgIpc) is 3.61. The number of para-hydroxylation sites is 1. The molecule has 1 fully saturated rings. The van der Waals surface area contributed by atoms with E-state index >= 15 is 0 Å². The van der Waals surface area contributed by atoms with Crippen molar-refractivity contribution in [1.29, 1.82) is 0 Å². The number of piperidine rings is 1. The summed E-state index contributed by atoms with van der Waals surface area (Å²) in [7, 11) is 0. The molecule has 3 heterocycles. The number of aryl methyl sites for hydroxylation is 1. The molecular weight excluding hydrogens is 618 g/mol. The van der Waals surface area contributed by atoms with Gasteiger partial charge in [0.05, 0.1) is 16.9 Å². The van der Waals surface area contributed by atoms with Gasteiger partial charge in [0, 0.05) is 30.0 Å². The molecule has 3 N–H and O–H groups in total. The number of anilines is 2. The number of hydrogen-bond acceptors (Lipinski definition) is 8. The maximum atomic E-state index is 13.0. The summed E-state index contributed by atoms with van der Waals surface area (Å²) in [4.78, 5) is 57.1. The summed E-state index contributed by atoms with van der Waals surface area (Å²) < 4.78 is 0. The second-order valence-electron chi connectivity index (χ2n) is 11.0. The van der Waals surface area contributed by atoms with Gasteiger partial charge < -0.3 is 15.5 Å². The molecule has 9 nitrogen and oxygen atoms in total. The number of unbranched alkanes of at least 4 members (excludes halogenated alkanes) is 5. The number of imide groups is 1. The number of amides is 4. The van der Waals surface area contributed by atoms with Gasteiger partial charge in [0.25, 0.3) is 11.8 Å². The average molecular weight is 654 g/mol. The molecule has 1 aromatic heterocycles. The van der Waals surface area contributed by atoms with Crippen molar-refractivity contribution in [3.05, 3.63) is 69.2 Å². The number of nitrogens with one attached hydrogen (secondary N) is 3. The third-order valence-electron chi connectivity index (χ3n) is 7.83. The topological polar surface area (TPSA) is 120 Å². The fourth-order valence-electron chi connectivity index (χ4n) is 5.43. The SMILES string of the molecule is Cc1cccc(Cl)c1NC(=O)c1cnc(NCCCCCCCCSc2cccc3c2CN(C2CCC(=O)NC2=O)C3=O)s1. The Kier molecular flexibility index (Phi) is 10.9. The lowest BCUT2D eigenvalue weighted by atomic mass is 10.0. The maximum absolute atomic E-state index is 13.0. The summed E-state index contributed by atoms with van der Waals surface area (Å²) >= 11 is 9.32. The Morgan fingerprint density at radius 1 is 1.09 bits per heavy atom. The molecule has 1 atom stereocenters. The Hall–Kier alpha value is -3.41. The molecule has 2 aliphatic rings. The van der Waals surface area contributed by atoms with Gasteiger partial charge in [0.2, 0.25) is 11.8 Å². The number of halogens is 1. The summed E-state index contributed by atoms with van der Waals surface area (Å²) in [6, 6.07) is 10.7. The standard InChI is InChI=1S/C32H36ClN5O4S2/c1-20-10-8-12-23(33)28(20)37-30(41)26-18-35-32(44-26)34-16-6-4-2-3-5-7-17-43-25-13-9-11-21-22(25)19-38(31(21)42)24-14-15-27(39)36-29(24)40/h8-13,18,24H,2-7,14-17,19H2,1H3,(H,34,35)(H,37,41)(H,36,39,40). The van der Waals surface area contributed by atoms with Gasteiger partial charge in [-0.05, 0) is 61.3 Å². The molecule has 0 radical (unpaired) electrons. The summed E-state index contributed by atoms with van der Waals surface area (Å²) in [6.45, 7) is 3.12. The van der Waals surface area contributed by atoms with E-state index in [0.29, 0.717) is 34.1 Å². The van der Waals surface area contributed by atoms with E-state index in [1.807, 2.05) is 31.2 Å². The zero-order valence-corrected chi connectivity index (χ0v) is 27.0. The van der Waals surface area contributed by atoms with E-state index in [9.17, 15) is 19.2 Å². The van der Waals surface area contributed by atoms with Crippen LogP contribution >= 0.6 is 34.7 Å². The van der Waals surface area contributed by atoms with Crippen molar-refractivity contribution in [3.63, 3.8) is 0 Å². The number of aromatic nitrogens is 1. The molecule has 4 amide bonds. The number of thioether (sulfide) groups is 1. The Balaban J connectivity index is 0.951. The van der Waals surface area contributed by atoms with E-state index < -0.39 is 6.04 Å². The molecular formula is C32H36ClN5O4S2. The van der Waals surface area contributed by atoms with E-state index in [-0.39, 0.29) is 30.0 Å². The van der Waals surface area contributed by atoms with Crippen LogP contribution in [0.25, 0.3) is 0 Å². The maximum Gasteiger partial charge on any atom is 0.267 e. The molecule has 0 spiro atoms. The van der Waals surface area contributed by atoms with Gasteiger partial charge in [-0.15, -0.1) is 11.8 Å². The summed E-state index contributed by atoms with van der Waals surface area (Å²) in [5, 5.41) is 9.81. The lowest BCUT2D eigenvalue weighted by Gasteiger charge is -2.29. The van der Waals surface area contributed by atoms with Crippen molar-refractivity contribution < 1.29 is 19.2 Å². The Bertz CT molecular complexity index is 1520. The quantitative estimate of drug-likeness (QED) is 0.101. The third-order valence-corrected chi connectivity index (χ3v) is 10.3. The van der Waals surface area contributed by atoms with Crippen molar-refractivity contribution in [2.45, 2.75) is 75.8 Å². The Morgan fingerprint density at radius 3 is 2.66 bits per heavy atom. The van der Waals surface area contributed by atoms with Gasteiger partial charge in [0.1, 0.15) is 10.9 Å². The number of rotatable bonds is 14. The Morgan fingerprint density at radius 2 is 1.86 bits per heavy atom. The van der Waals surface area contributed by atoms with Crippen LogP contribution in [0.2, 0.25) is 5.02 Å². The highest BCUT2D eigenvalue weighted by Crippen LogP contribution is 2.35. The Labute approximate surface area is 270 Å². The van der Waals surface area contributed by atoms with Gasteiger partial charge in [-0.1, -0.05) is 66.8 Å². The number of fused-ring (bicyclic) bond motifs is 1. The van der Waals surface area contributed by atoms with Crippen LogP contribution < -0.4 is 16.0 Å². The highest BCUT2D eigenvalue weighted by atomic mass is 35.5. The molecule has 1 unspecified atom stereocenters. The van der Waals surface area contributed by atoms with Crippen LogP contribution in [0.5, 0.6) is 0 Å². The van der Waals surface area contributed by atoms with Gasteiger partial charge in [-0.3, -0.25) is 24.5 Å². The van der Waals surface area contributed by atoms with E-state index in [4.69, 9.17) is 11.6 Å². The number of thiazole rings is 1. The second kappa shape index (κ2) is 15.0. The number of carbonyl (C=O) groups is 4. The summed E-state index contributed by atoms with van der Waals surface area (Å²) in [6.07, 6.45) is 8.93. The van der Waals surface area contributed by atoms with E-state index in [2.05, 4.69) is 27.0 Å². The van der Waals surface area contributed by atoms with E-state index in [1.54, 1.807) is 28.9 Å². The van der Waals surface area contributed by atoms with E-state index in [0.717, 1.165) is 72.0 Å². The number of nitrogens with zero attached hydrogens (tertiary/aromatic N) is 2. The minimum absolute atomic E-state index is 0.129. The van der Waals surface area contributed by atoms with Crippen LogP contribution in [0, 0.1) is 6.92 Å². The molecule has 0 saturated carbocycles. The molecule has 0 bridgehead atoms. The first-order valence-electron chi connectivity index (χ1n) is 15.0. The van der Waals surface area contributed by atoms with Crippen molar-refractivity contribution >= 4 is 69.1 Å². The molecule has 232 valence electrons. The lowest BCUT2D eigenvalue weighted by molar-refractivity contribution is -0.136. The predicted molar refractivity (Wildman–Crippen MR) is 176 cm³/mol. The molecule has 1 saturated heterocycles. The van der Waals surface area contributed by atoms with Crippen molar-refractivity contribution in [3.8, 4) is 0 Å². The van der Waals surface area contributed by atoms with Crippen LogP contribution in [0.3, 0.4) is 0 Å². The predicted octanol–water partition coefficient (Wildman–Crippen LogP) is 6.66. The minimum atomic E-state index is -0.587. The largest absolute Gasteiger partial charge is 0.362 e. The monoisotopic (exact) mass is 653 g/mol. The van der Waals surface area contributed by atoms with Gasteiger partial charge in [-0.2, -0.15) is 0 Å². The van der Waals surface area contributed by atoms with E-state index in [1.165, 1.54) is 11.3 Å². The second-order valence-corrected chi connectivity index (χ2v) is 13.6. The zero-order valence-electron chi connectivity index (χ0n) is 24.6. The lowest BCUT2D eigenvalue weighted by Crippen LogP contribution is -2.52. The molecule has 5 rings (SSSR count). The molecule has 0 aliphatic carbocycles.